The molecule has 0 unspecified atom stereocenters. The Morgan fingerprint density at radius 1 is 1.29 bits per heavy atom. The van der Waals surface area contributed by atoms with Crippen molar-refractivity contribution < 1.29 is 9.53 Å². The van der Waals surface area contributed by atoms with Crippen molar-refractivity contribution in [3.05, 3.63) is 60.6 Å². The van der Waals surface area contributed by atoms with Crippen molar-refractivity contribution in [2.24, 2.45) is 0 Å². The fourth-order valence-corrected chi connectivity index (χ4v) is 3.04. The van der Waals surface area contributed by atoms with E-state index in [0.29, 0.717) is 22.8 Å². The molecule has 2 aromatic rings. The molecule has 0 saturated carbocycles. The predicted octanol–water partition coefficient (Wildman–Crippen LogP) is 5.73. The molecule has 0 bridgehead atoms. The summed E-state index contributed by atoms with van der Waals surface area (Å²) in [5.74, 6) is 0.693. The van der Waals surface area contributed by atoms with Crippen LogP contribution in [0.15, 0.2) is 40.9 Å². The van der Waals surface area contributed by atoms with Gasteiger partial charge in [0.1, 0.15) is 5.75 Å². The maximum atomic E-state index is 12.6. The molecular formula is C16H13BrClIO2. The SMILES string of the molecule is CCCOc1ccc(C(=O)c2cc(Cl)ccc2I)cc1Br. The van der Waals surface area contributed by atoms with Gasteiger partial charge in [0.05, 0.1) is 11.1 Å². The second-order valence-corrected chi connectivity index (χ2v) is 6.90. The molecule has 0 heterocycles. The zero-order valence-electron chi connectivity index (χ0n) is 11.3. The maximum absolute atomic E-state index is 12.6. The van der Waals surface area contributed by atoms with Crippen LogP contribution in [0.2, 0.25) is 5.02 Å². The molecule has 0 saturated heterocycles. The summed E-state index contributed by atoms with van der Waals surface area (Å²) in [4.78, 5) is 12.6. The van der Waals surface area contributed by atoms with Crippen LogP contribution in [0.3, 0.4) is 0 Å². The number of rotatable bonds is 5. The summed E-state index contributed by atoms with van der Waals surface area (Å²) in [5, 5.41) is 0.556. The lowest BCUT2D eigenvalue weighted by Crippen LogP contribution is -2.04. The van der Waals surface area contributed by atoms with Gasteiger partial charge in [-0.3, -0.25) is 4.79 Å². The number of carbonyl (C=O) groups excluding carboxylic acids is 1. The molecule has 0 aromatic heterocycles. The van der Waals surface area contributed by atoms with Crippen LogP contribution in [0.25, 0.3) is 0 Å². The van der Waals surface area contributed by atoms with Crippen molar-refractivity contribution in [3.63, 3.8) is 0 Å². The average molecular weight is 480 g/mol. The third-order valence-electron chi connectivity index (χ3n) is 2.83. The minimum Gasteiger partial charge on any atom is -0.492 e. The summed E-state index contributed by atoms with van der Waals surface area (Å²) in [6, 6.07) is 10.7. The summed E-state index contributed by atoms with van der Waals surface area (Å²) in [6.45, 7) is 2.70. The zero-order chi connectivity index (χ0) is 15.4. The molecule has 2 rings (SSSR count). The van der Waals surface area contributed by atoms with Crippen LogP contribution in [0, 0.1) is 3.57 Å². The molecule has 0 spiro atoms. The van der Waals surface area contributed by atoms with E-state index in [1.54, 1.807) is 24.3 Å². The number of ketones is 1. The molecule has 0 radical (unpaired) electrons. The van der Waals surface area contributed by atoms with Gasteiger partial charge < -0.3 is 4.74 Å². The van der Waals surface area contributed by atoms with Crippen LogP contribution in [0.4, 0.5) is 0 Å². The maximum Gasteiger partial charge on any atom is 0.194 e. The molecule has 0 amide bonds. The highest BCUT2D eigenvalue weighted by Gasteiger charge is 2.15. The Kier molecular flexibility index (Phi) is 6.08. The Morgan fingerprint density at radius 2 is 2.05 bits per heavy atom. The van der Waals surface area contributed by atoms with E-state index in [-0.39, 0.29) is 5.78 Å². The van der Waals surface area contributed by atoms with Gasteiger partial charge in [-0.05, 0) is 81.3 Å². The first-order valence-electron chi connectivity index (χ1n) is 6.45. The van der Waals surface area contributed by atoms with Crippen LogP contribution in [-0.2, 0) is 0 Å². The Balaban J connectivity index is 2.31. The van der Waals surface area contributed by atoms with Crippen LogP contribution >= 0.6 is 50.1 Å². The highest BCUT2D eigenvalue weighted by molar-refractivity contribution is 14.1. The van der Waals surface area contributed by atoms with Crippen molar-refractivity contribution in [1.82, 2.24) is 0 Å². The van der Waals surface area contributed by atoms with Crippen LogP contribution in [0.1, 0.15) is 29.3 Å². The molecule has 0 fully saturated rings. The topological polar surface area (TPSA) is 26.3 Å². The van der Waals surface area contributed by atoms with Gasteiger partial charge in [-0.1, -0.05) is 18.5 Å². The van der Waals surface area contributed by atoms with E-state index in [0.717, 1.165) is 20.2 Å². The largest absolute Gasteiger partial charge is 0.492 e. The van der Waals surface area contributed by atoms with Gasteiger partial charge >= 0.3 is 0 Å². The van der Waals surface area contributed by atoms with E-state index >= 15 is 0 Å². The van der Waals surface area contributed by atoms with E-state index in [4.69, 9.17) is 16.3 Å². The Hall–Kier alpha value is -0.590. The molecule has 0 atom stereocenters. The summed E-state index contributed by atoms with van der Waals surface area (Å²) >= 11 is 11.6. The van der Waals surface area contributed by atoms with Gasteiger partial charge in [-0.25, -0.2) is 0 Å². The molecule has 2 nitrogen and oxygen atoms in total. The highest BCUT2D eigenvalue weighted by Crippen LogP contribution is 2.28. The van der Waals surface area contributed by atoms with Crippen molar-refractivity contribution in [2.45, 2.75) is 13.3 Å². The third kappa shape index (κ3) is 4.20. The first-order valence-corrected chi connectivity index (χ1v) is 8.70. The van der Waals surface area contributed by atoms with E-state index in [9.17, 15) is 4.79 Å². The first-order chi connectivity index (χ1) is 10.0. The van der Waals surface area contributed by atoms with E-state index < -0.39 is 0 Å². The normalized spacial score (nSPS) is 10.5. The number of ether oxygens (including phenoxy) is 1. The van der Waals surface area contributed by atoms with Gasteiger partial charge in [0.15, 0.2) is 5.78 Å². The van der Waals surface area contributed by atoms with Gasteiger partial charge in [-0.2, -0.15) is 0 Å². The number of halogens is 3. The van der Waals surface area contributed by atoms with E-state index in [1.165, 1.54) is 0 Å². The molecule has 2 aromatic carbocycles. The molecular weight excluding hydrogens is 466 g/mol. The number of hydrogen-bond acceptors (Lipinski definition) is 2. The van der Waals surface area contributed by atoms with Crippen molar-refractivity contribution in [2.75, 3.05) is 6.61 Å². The second-order valence-electron chi connectivity index (χ2n) is 4.45. The third-order valence-corrected chi connectivity index (χ3v) is 4.62. The van der Waals surface area contributed by atoms with Crippen molar-refractivity contribution in [1.29, 1.82) is 0 Å². The lowest BCUT2D eigenvalue weighted by atomic mass is 10.0. The van der Waals surface area contributed by atoms with Crippen molar-refractivity contribution in [3.8, 4) is 5.75 Å². The smallest absolute Gasteiger partial charge is 0.194 e. The van der Waals surface area contributed by atoms with E-state index in [1.807, 2.05) is 19.1 Å². The molecule has 0 aliphatic heterocycles. The highest BCUT2D eigenvalue weighted by atomic mass is 127. The molecule has 0 N–H and O–H groups in total. The molecule has 0 aliphatic carbocycles. The lowest BCUT2D eigenvalue weighted by molar-refractivity contribution is 0.103. The predicted molar refractivity (Wildman–Crippen MR) is 97.5 cm³/mol. The summed E-state index contributed by atoms with van der Waals surface area (Å²) in [6.07, 6.45) is 0.938. The van der Waals surface area contributed by atoms with E-state index in [2.05, 4.69) is 38.5 Å². The molecule has 110 valence electrons. The molecule has 0 aliphatic rings. The second kappa shape index (κ2) is 7.61. The van der Waals surface area contributed by atoms with Gasteiger partial charge in [0.2, 0.25) is 0 Å². The zero-order valence-corrected chi connectivity index (χ0v) is 15.8. The Morgan fingerprint density at radius 3 is 2.71 bits per heavy atom. The standard InChI is InChI=1S/C16H13BrClIO2/c1-2-7-21-15-6-3-10(8-13(15)17)16(20)12-9-11(18)4-5-14(12)19/h3-6,8-9H,2,7H2,1H3. The Bertz CT molecular complexity index is 673. The lowest BCUT2D eigenvalue weighted by Gasteiger charge is -2.09. The minimum absolute atomic E-state index is 0.0513. The minimum atomic E-state index is -0.0513. The summed E-state index contributed by atoms with van der Waals surface area (Å²) in [5.41, 5.74) is 1.21. The monoisotopic (exact) mass is 478 g/mol. The van der Waals surface area contributed by atoms with Gasteiger partial charge in [-0.15, -0.1) is 0 Å². The number of carbonyl (C=O) groups is 1. The quantitative estimate of drug-likeness (QED) is 0.405. The van der Waals surface area contributed by atoms with Crippen LogP contribution < -0.4 is 4.74 Å². The van der Waals surface area contributed by atoms with Crippen molar-refractivity contribution >= 4 is 55.9 Å². The van der Waals surface area contributed by atoms with Crippen LogP contribution in [0.5, 0.6) is 5.75 Å². The van der Waals surface area contributed by atoms with Gasteiger partial charge in [0, 0.05) is 19.7 Å². The summed E-state index contributed by atoms with van der Waals surface area (Å²) < 4.78 is 7.24. The Labute approximate surface area is 151 Å². The first kappa shape index (κ1) is 16.8. The molecule has 21 heavy (non-hydrogen) atoms. The fraction of sp³-hybridized carbons (Fsp3) is 0.188. The number of benzene rings is 2. The number of hydrogen-bond donors (Lipinski definition) is 0. The summed E-state index contributed by atoms with van der Waals surface area (Å²) in [7, 11) is 0. The van der Waals surface area contributed by atoms with Crippen LogP contribution in [-0.4, -0.2) is 12.4 Å². The van der Waals surface area contributed by atoms with Gasteiger partial charge in [0.25, 0.3) is 0 Å². The molecule has 5 heteroatoms. The fourth-order valence-electron chi connectivity index (χ4n) is 1.80. The average Bonchev–Trinajstić information content (AvgIpc) is 2.47.